The van der Waals surface area contributed by atoms with Crippen LogP contribution in [-0.4, -0.2) is 23.4 Å². The van der Waals surface area contributed by atoms with E-state index in [0.717, 1.165) is 29.6 Å². The number of ether oxygens (including phenoxy) is 1. The van der Waals surface area contributed by atoms with Gasteiger partial charge in [0.05, 0.1) is 18.6 Å². The van der Waals surface area contributed by atoms with Crippen LogP contribution in [0.3, 0.4) is 0 Å². The minimum atomic E-state index is -0.604. The van der Waals surface area contributed by atoms with Gasteiger partial charge in [-0.2, -0.15) is 0 Å². The first-order valence-electron chi connectivity index (χ1n) is 9.79. The lowest BCUT2D eigenvalue weighted by atomic mass is 9.73. The Morgan fingerprint density at radius 3 is 2.41 bits per heavy atom. The first-order valence-corrected chi connectivity index (χ1v) is 9.79. The second-order valence-corrected chi connectivity index (χ2v) is 9.65. The summed E-state index contributed by atoms with van der Waals surface area (Å²) in [7, 11) is 1.53. The zero-order valence-corrected chi connectivity index (χ0v) is 18.6. The molecule has 0 aromatic rings. The fraction of sp³-hybridized carbons (Fsp3) is 0.625. The first kappa shape index (κ1) is 23.4. The molecule has 0 radical (unpaired) electrons. The maximum atomic E-state index is 10.6. The fourth-order valence-electron chi connectivity index (χ4n) is 3.66. The monoisotopic (exact) mass is 375 g/mol. The fourth-order valence-corrected chi connectivity index (χ4v) is 3.66. The molecule has 1 rings (SSSR count). The number of hydrogen-bond acceptors (Lipinski definition) is 3. The molecule has 0 fully saturated rings. The zero-order valence-electron chi connectivity index (χ0n) is 18.6. The SMILES string of the molecule is C=C([CH+]C(C)(C)CC1=C(C)C(O)CC(OC)=C1O)CC(C)(C)CC=C(C)C. The Kier molecular flexibility index (Phi) is 7.86. The topological polar surface area (TPSA) is 49.7 Å². The highest BCUT2D eigenvalue weighted by Crippen LogP contribution is 2.41. The summed E-state index contributed by atoms with van der Waals surface area (Å²) in [6.07, 6.45) is 6.79. The van der Waals surface area contributed by atoms with Crippen molar-refractivity contribution < 1.29 is 14.9 Å². The molecule has 0 aliphatic heterocycles. The number of aliphatic hydroxyl groups is 2. The lowest BCUT2D eigenvalue weighted by molar-refractivity contribution is 0.154. The van der Waals surface area contributed by atoms with Crippen molar-refractivity contribution in [2.24, 2.45) is 10.8 Å². The summed E-state index contributed by atoms with van der Waals surface area (Å²) in [6.45, 7) is 19.2. The average Bonchev–Trinajstić information content (AvgIpc) is 2.52. The van der Waals surface area contributed by atoms with Crippen LogP contribution in [0.4, 0.5) is 0 Å². The van der Waals surface area contributed by atoms with Gasteiger partial charge < -0.3 is 14.9 Å². The molecular formula is C24H39O3+. The van der Waals surface area contributed by atoms with Crippen LogP contribution in [0, 0.1) is 17.3 Å². The minimum absolute atomic E-state index is 0.155. The van der Waals surface area contributed by atoms with Gasteiger partial charge in [-0.15, -0.1) is 0 Å². The molecule has 0 spiro atoms. The molecule has 152 valence electrons. The summed E-state index contributed by atoms with van der Waals surface area (Å²) in [5.41, 5.74) is 4.02. The van der Waals surface area contributed by atoms with Gasteiger partial charge in [-0.1, -0.05) is 25.5 Å². The highest BCUT2D eigenvalue weighted by Gasteiger charge is 2.34. The molecule has 3 nitrogen and oxygen atoms in total. The van der Waals surface area contributed by atoms with Crippen LogP contribution < -0.4 is 0 Å². The number of methoxy groups -OCH3 is 1. The van der Waals surface area contributed by atoms with Crippen LogP contribution in [0.2, 0.25) is 0 Å². The molecule has 0 saturated carbocycles. The van der Waals surface area contributed by atoms with Gasteiger partial charge in [-0.25, -0.2) is 0 Å². The smallest absolute Gasteiger partial charge is 0.156 e. The molecule has 1 aliphatic carbocycles. The second kappa shape index (κ2) is 9.05. The van der Waals surface area contributed by atoms with Crippen LogP contribution in [0.15, 0.2) is 46.5 Å². The van der Waals surface area contributed by atoms with E-state index in [0.29, 0.717) is 18.6 Å². The maximum Gasteiger partial charge on any atom is 0.156 e. The van der Waals surface area contributed by atoms with Crippen molar-refractivity contribution in [1.82, 2.24) is 0 Å². The van der Waals surface area contributed by atoms with Gasteiger partial charge in [0.2, 0.25) is 0 Å². The molecule has 1 atom stereocenters. The van der Waals surface area contributed by atoms with Crippen LogP contribution >= 0.6 is 0 Å². The highest BCUT2D eigenvalue weighted by molar-refractivity contribution is 5.39. The summed E-state index contributed by atoms with van der Waals surface area (Å²) in [5.74, 6) is 0.636. The lowest BCUT2D eigenvalue weighted by Crippen LogP contribution is -2.24. The van der Waals surface area contributed by atoms with Crippen LogP contribution in [-0.2, 0) is 4.74 Å². The lowest BCUT2D eigenvalue weighted by Gasteiger charge is -2.30. The molecule has 27 heavy (non-hydrogen) atoms. The number of allylic oxidation sites excluding steroid dienone is 4. The Labute approximate surface area is 166 Å². The van der Waals surface area contributed by atoms with E-state index in [4.69, 9.17) is 4.74 Å². The third-order valence-electron chi connectivity index (χ3n) is 5.15. The van der Waals surface area contributed by atoms with Crippen molar-refractivity contribution >= 4 is 0 Å². The van der Waals surface area contributed by atoms with Crippen molar-refractivity contribution in [3.8, 4) is 0 Å². The maximum absolute atomic E-state index is 10.6. The van der Waals surface area contributed by atoms with E-state index >= 15 is 0 Å². The summed E-state index contributed by atoms with van der Waals surface area (Å²) in [4.78, 5) is 0. The second-order valence-electron chi connectivity index (χ2n) is 9.65. The van der Waals surface area contributed by atoms with E-state index in [9.17, 15) is 10.2 Å². The Balaban J connectivity index is 2.86. The Morgan fingerprint density at radius 1 is 1.30 bits per heavy atom. The van der Waals surface area contributed by atoms with E-state index in [1.807, 2.05) is 6.92 Å². The van der Waals surface area contributed by atoms with E-state index in [1.165, 1.54) is 12.7 Å². The van der Waals surface area contributed by atoms with Gasteiger partial charge in [0.25, 0.3) is 0 Å². The van der Waals surface area contributed by atoms with Gasteiger partial charge in [0, 0.05) is 37.8 Å². The molecule has 0 bridgehead atoms. The normalized spacial score (nSPS) is 18.5. The summed E-state index contributed by atoms with van der Waals surface area (Å²) in [6, 6.07) is 0. The summed E-state index contributed by atoms with van der Waals surface area (Å²) >= 11 is 0. The molecule has 0 amide bonds. The standard InChI is InChI=1S/C24H38O3/c1-16(2)10-11-23(5,6)13-17(3)14-24(7,8)15-19-18(4)20(25)12-21(27-9)22(19)26/h10,14,20,25H,3,11-13,15H2,1-2,4-9H3/p+1. The Bertz CT molecular complexity index is 641. The van der Waals surface area contributed by atoms with E-state index in [1.54, 1.807) is 0 Å². The largest absolute Gasteiger partial charge is 0.504 e. The van der Waals surface area contributed by atoms with Crippen molar-refractivity contribution in [2.45, 2.75) is 80.3 Å². The third kappa shape index (κ3) is 7.14. The van der Waals surface area contributed by atoms with Gasteiger partial charge in [-0.3, -0.25) is 0 Å². The van der Waals surface area contributed by atoms with Gasteiger partial charge in [0.15, 0.2) is 5.76 Å². The average molecular weight is 376 g/mol. The van der Waals surface area contributed by atoms with Crippen molar-refractivity contribution in [2.75, 3.05) is 7.11 Å². The van der Waals surface area contributed by atoms with Gasteiger partial charge in [-0.05, 0) is 52.0 Å². The molecule has 0 aromatic carbocycles. The Hall–Kier alpha value is -1.61. The van der Waals surface area contributed by atoms with E-state index < -0.39 is 6.10 Å². The van der Waals surface area contributed by atoms with E-state index in [2.05, 4.69) is 60.6 Å². The minimum Gasteiger partial charge on any atom is -0.504 e. The Morgan fingerprint density at radius 2 is 1.89 bits per heavy atom. The van der Waals surface area contributed by atoms with E-state index in [-0.39, 0.29) is 16.6 Å². The summed E-state index contributed by atoms with van der Waals surface area (Å²) in [5, 5.41) is 20.9. The number of aliphatic hydroxyl groups excluding tert-OH is 2. The van der Waals surface area contributed by atoms with Crippen LogP contribution in [0.1, 0.15) is 74.1 Å². The molecule has 0 saturated heterocycles. The van der Waals surface area contributed by atoms with Crippen molar-refractivity contribution in [3.05, 3.63) is 52.9 Å². The first-order chi connectivity index (χ1) is 12.3. The molecule has 3 heteroatoms. The number of rotatable bonds is 9. The van der Waals surface area contributed by atoms with Crippen molar-refractivity contribution in [3.63, 3.8) is 0 Å². The predicted molar refractivity (Wildman–Crippen MR) is 114 cm³/mol. The third-order valence-corrected chi connectivity index (χ3v) is 5.15. The summed E-state index contributed by atoms with van der Waals surface area (Å²) < 4.78 is 5.26. The number of hydrogen-bond donors (Lipinski definition) is 2. The van der Waals surface area contributed by atoms with Crippen LogP contribution in [0.25, 0.3) is 0 Å². The molecule has 0 heterocycles. The quantitative estimate of drug-likeness (QED) is 0.360. The van der Waals surface area contributed by atoms with Crippen LogP contribution in [0.5, 0.6) is 0 Å². The zero-order chi connectivity index (χ0) is 21.0. The molecule has 0 aromatic heterocycles. The van der Waals surface area contributed by atoms with Gasteiger partial charge >= 0.3 is 0 Å². The molecule has 1 unspecified atom stereocenters. The predicted octanol–water partition coefficient (Wildman–Crippen LogP) is 6.43. The van der Waals surface area contributed by atoms with Gasteiger partial charge in [0.1, 0.15) is 11.3 Å². The molecule has 1 aliphatic rings. The molecule has 2 N–H and O–H groups in total. The molecular weight excluding hydrogens is 336 g/mol. The van der Waals surface area contributed by atoms with Crippen molar-refractivity contribution in [1.29, 1.82) is 0 Å². The highest BCUT2D eigenvalue weighted by atomic mass is 16.5.